The van der Waals surface area contributed by atoms with Crippen molar-refractivity contribution < 1.29 is 28.3 Å². The lowest BCUT2D eigenvalue weighted by molar-refractivity contribution is -0.163. The van der Waals surface area contributed by atoms with Crippen molar-refractivity contribution in [3.05, 3.63) is 17.0 Å². The van der Waals surface area contributed by atoms with Gasteiger partial charge in [0.15, 0.2) is 0 Å². The third kappa shape index (κ3) is 4.53. The predicted octanol–water partition coefficient (Wildman–Crippen LogP) is 1.32. The number of ether oxygens (including phenoxy) is 3. The highest BCUT2D eigenvalue weighted by molar-refractivity contribution is 5.96. The first-order chi connectivity index (χ1) is 14.5. The van der Waals surface area contributed by atoms with Crippen molar-refractivity contribution in [3.63, 3.8) is 0 Å². The van der Waals surface area contributed by atoms with E-state index in [0.29, 0.717) is 63.0 Å². The number of aryl methyl sites for hydroxylation is 2. The van der Waals surface area contributed by atoms with E-state index in [1.807, 2.05) is 4.90 Å². The summed E-state index contributed by atoms with van der Waals surface area (Å²) in [6.07, 6.45) is 3.09. The van der Waals surface area contributed by atoms with Crippen LogP contribution >= 0.6 is 0 Å². The summed E-state index contributed by atoms with van der Waals surface area (Å²) in [7, 11) is 0. The summed E-state index contributed by atoms with van der Waals surface area (Å²) in [5.74, 6) is 0.560. The minimum Gasteiger partial charge on any atom is -0.378 e. The molecule has 9 heteroatoms. The highest BCUT2D eigenvalue weighted by Crippen LogP contribution is 2.36. The van der Waals surface area contributed by atoms with E-state index in [2.05, 4.69) is 5.16 Å². The summed E-state index contributed by atoms with van der Waals surface area (Å²) in [5, 5.41) is 3.89. The van der Waals surface area contributed by atoms with Gasteiger partial charge in [-0.15, -0.1) is 0 Å². The molecule has 4 rings (SSSR count). The molecular weight excluding hydrogens is 390 g/mol. The first-order valence-corrected chi connectivity index (χ1v) is 10.8. The number of rotatable bonds is 4. The van der Waals surface area contributed by atoms with Crippen molar-refractivity contribution in [2.75, 3.05) is 52.6 Å². The quantitative estimate of drug-likeness (QED) is 0.724. The monoisotopic (exact) mass is 421 g/mol. The Kier molecular flexibility index (Phi) is 6.40. The fourth-order valence-corrected chi connectivity index (χ4v) is 4.63. The van der Waals surface area contributed by atoms with E-state index in [4.69, 9.17) is 18.7 Å². The minimum atomic E-state index is -0.277. The van der Waals surface area contributed by atoms with E-state index in [1.165, 1.54) is 0 Å². The van der Waals surface area contributed by atoms with E-state index in [1.54, 1.807) is 18.7 Å². The van der Waals surface area contributed by atoms with Crippen molar-refractivity contribution in [1.82, 2.24) is 15.0 Å². The molecule has 4 heterocycles. The zero-order chi connectivity index (χ0) is 21.1. The maximum atomic E-state index is 12.9. The number of carbonyl (C=O) groups is 2. The molecule has 3 fully saturated rings. The number of nitrogens with zero attached hydrogens (tertiary/aromatic N) is 3. The summed E-state index contributed by atoms with van der Waals surface area (Å²) in [4.78, 5) is 28.9. The van der Waals surface area contributed by atoms with Crippen LogP contribution in [-0.2, 0) is 19.0 Å². The zero-order valence-corrected chi connectivity index (χ0v) is 17.9. The molecule has 0 saturated carbocycles. The lowest BCUT2D eigenvalue weighted by atomic mass is 9.83. The molecule has 1 atom stereocenters. The van der Waals surface area contributed by atoms with Crippen LogP contribution in [0.3, 0.4) is 0 Å². The average molecular weight is 421 g/mol. The van der Waals surface area contributed by atoms with Gasteiger partial charge < -0.3 is 28.5 Å². The molecule has 0 N–H and O–H groups in total. The molecule has 3 aliphatic rings. The van der Waals surface area contributed by atoms with Gasteiger partial charge in [-0.2, -0.15) is 0 Å². The zero-order valence-electron chi connectivity index (χ0n) is 17.9. The molecule has 9 nitrogen and oxygen atoms in total. The number of hydrogen-bond acceptors (Lipinski definition) is 7. The van der Waals surface area contributed by atoms with Crippen LogP contribution in [0.2, 0.25) is 0 Å². The Balaban J connectivity index is 1.28. The van der Waals surface area contributed by atoms with Crippen molar-refractivity contribution in [1.29, 1.82) is 0 Å². The van der Waals surface area contributed by atoms with Gasteiger partial charge in [0.2, 0.25) is 5.91 Å². The third-order valence-corrected chi connectivity index (χ3v) is 6.46. The van der Waals surface area contributed by atoms with E-state index in [9.17, 15) is 9.59 Å². The normalized spacial score (nSPS) is 24.3. The molecule has 2 amide bonds. The number of morpholine rings is 1. The van der Waals surface area contributed by atoms with Crippen molar-refractivity contribution in [2.24, 2.45) is 0 Å². The second kappa shape index (κ2) is 9.03. The first kappa shape index (κ1) is 21.3. The van der Waals surface area contributed by atoms with Gasteiger partial charge in [0.25, 0.3) is 5.91 Å². The molecule has 0 bridgehead atoms. The molecule has 3 saturated heterocycles. The van der Waals surface area contributed by atoms with Crippen LogP contribution in [-0.4, -0.2) is 91.1 Å². The van der Waals surface area contributed by atoms with E-state index in [0.717, 1.165) is 25.7 Å². The number of amides is 2. The van der Waals surface area contributed by atoms with Crippen LogP contribution in [0.15, 0.2) is 4.52 Å². The van der Waals surface area contributed by atoms with Crippen LogP contribution in [0.1, 0.15) is 47.5 Å². The third-order valence-electron chi connectivity index (χ3n) is 6.46. The Morgan fingerprint density at radius 3 is 2.50 bits per heavy atom. The second-order valence-corrected chi connectivity index (χ2v) is 8.44. The van der Waals surface area contributed by atoms with E-state index in [-0.39, 0.29) is 30.1 Å². The summed E-state index contributed by atoms with van der Waals surface area (Å²) in [5.41, 5.74) is 0.920. The fourth-order valence-electron chi connectivity index (χ4n) is 4.63. The molecule has 0 aromatic carbocycles. The van der Waals surface area contributed by atoms with E-state index < -0.39 is 0 Å². The number of likely N-dealkylation sites (tertiary alicyclic amines) is 1. The van der Waals surface area contributed by atoms with Crippen molar-refractivity contribution >= 4 is 11.8 Å². The first-order valence-electron chi connectivity index (χ1n) is 10.8. The molecule has 1 aromatic heterocycles. The molecule has 3 aliphatic heterocycles. The van der Waals surface area contributed by atoms with Crippen molar-refractivity contribution in [3.8, 4) is 0 Å². The number of aromatic nitrogens is 1. The van der Waals surface area contributed by atoms with Crippen LogP contribution in [0.5, 0.6) is 0 Å². The number of piperidine rings is 1. The molecule has 1 spiro atoms. The topological polar surface area (TPSA) is 94.3 Å². The molecule has 0 radical (unpaired) electrons. The molecule has 0 aliphatic carbocycles. The van der Waals surface area contributed by atoms with Crippen LogP contribution in [0.4, 0.5) is 0 Å². The lowest BCUT2D eigenvalue weighted by Gasteiger charge is -2.46. The van der Waals surface area contributed by atoms with Crippen LogP contribution < -0.4 is 0 Å². The smallest absolute Gasteiger partial charge is 0.259 e. The molecular formula is C21H31N3O6. The highest BCUT2D eigenvalue weighted by atomic mass is 16.5. The van der Waals surface area contributed by atoms with Gasteiger partial charge in [0, 0.05) is 39.2 Å². The Hall–Kier alpha value is -1.97. The average Bonchev–Trinajstić information content (AvgIpc) is 3.11. The van der Waals surface area contributed by atoms with Crippen LogP contribution in [0, 0.1) is 13.8 Å². The van der Waals surface area contributed by atoms with Gasteiger partial charge >= 0.3 is 0 Å². The molecule has 166 valence electrons. The standard InChI is InChI=1S/C21H31N3O6/c1-15-19(16(2)30-22-15)20(26)24-6-4-21(5-7-24)13-17(3-10-29-21)28-14-18(25)23-8-11-27-12-9-23/h17H,3-14H2,1-2H3. The number of hydrogen-bond donors (Lipinski definition) is 0. The molecule has 1 aromatic rings. The molecule has 30 heavy (non-hydrogen) atoms. The van der Waals surface area contributed by atoms with Gasteiger partial charge in [0.05, 0.1) is 30.6 Å². The highest BCUT2D eigenvalue weighted by Gasteiger charge is 2.42. The maximum Gasteiger partial charge on any atom is 0.259 e. The Labute approximate surface area is 176 Å². The lowest BCUT2D eigenvalue weighted by Crippen LogP contribution is -2.52. The van der Waals surface area contributed by atoms with Gasteiger partial charge in [-0.3, -0.25) is 9.59 Å². The summed E-state index contributed by atoms with van der Waals surface area (Å²) in [6.45, 7) is 7.99. The Morgan fingerprint density at radius 2 is 1.83 bits per heavy atom. The van der Waals surface area contributed by atoms with Gasteiger partial charge in [-0.1, -0.05) is 5.16 Å². The Bertz CT molecular complexity index is 745. The second-order valence-electron chi connectivity index (χ2n) is 8.44. The fraction of sp³-hybridized carbons (Fsp3) is 0.762. The maximum absolute atomic E-state index is 12.9. The SMILES string of the molecule is Cc1noc(C)c1C(=O)N1CCC2(CC1)CC(OCC(=O)N1CCOCC1)CCO2. The van der Waals surface area contributed by atoms with Gasteiger partial charge in [-0.25, -0.2) is 0 Å². The van der Waals surface area contributed by atoms with E-state index >= 15 is 0 Å². The molecule has 1 unspecified atom stereocenters. The minimum absolute atomic E-state index is 0.00792. The summed E-state index contributed by atoms with van der Waals surface area (Å²) < 4.78 is 22.6. The van der Waals surface area contributed by atoms with Crippen LogP contribution in [0.25, 0.3) is 0 Å². The predicted molar refractivity (Wildman–Crippen MR) is 106 cm³/mol. The van der Waals surface area contributed by atoms with Crippen molar-refractivity contribution in [2.45, 2.75) is 51.2 Å². The van der Waals surface area contributed by atoms with Gasteiger partial charge in [0.1, 0.15) is 17.9 Å². The Morgan fingerprint density at radius 1 is 1.10 bits per heavy atom. The summed E-state index contributed by atoms with van der Waals surface area (Å²) in [6, 6.07) is 0. The largest absolute Gasteiger partial charge is 0.378 e. The summed E-state index contributed by atoms with van der Waals surface area (Å²) >= 11 is 0. The van der Waals surface area contributed by atoms with Gasteiger partial charge in [-0.05, 0) is 33.1 Å². The number of carbonyl (C=O) groups excluding carboxylic acids is 2.